The van der Waals surface area contributed by atoms with E-state index < -0.39 is 0 Å². The zero-order chi connectivity index (χ0) is 12.4. The first kappa shape index (κ1) is 12.2. The number of rotatable bonds is 2. The Morgan fingerprint density at radius 1 is 1.11 bits per heavy atom. The van der Waals surface area contributed by atoms with Crippen LogP contribution in [0.5, 0.6) is 0 Å². The van der Waals surface area contributed by atoms with Crippen LogP contribution in [0, 0.1) is 0 Å². The van der Waals surface area contributed by atoms with E-state index in [0.717, 1.165) is 6.04 Å². The molecule has 1 atom stereocenters. The summed E-state index contributed by atoms with van der Waals surface area (Å²) in [6.07, 6.45) is 6.55. The van der Waals surface area contributed by atoms with Crippen LogP contribution in [0.2, 0.25) is 0 Å². The molecule has 1 heterocycles. The number of nitrogens with zero attached hydrogens (tertiary/aromatic N) is 1. The van der Waals surface area contributed by atoms with Gasteiger partial charge in [0.15, 0.2) is 0 Å². The van der Waals surface area contributed by atoms with Crippen molar-refractivity contribution in [3.63, 3.8) is 0 Å². The lowest BCUT2D eigenvalue weighted by molar-refractivity contribution is 0.130. The number of hydrogen-bond acceptors (Lipinski definition) is 2. The lowest BCUT2D eigenvalue weighted by Crippen LogP contribution is -2.43. The predicted molar refractivity (Wildman–Crippen MR) is 75.8 cm³/mol. The van der Waals surface area contributed by atoms with Crippen molar-refractivity contribution in [3.05, 3.63) is 35.4 Å². The molecule has 1 fully saturated rings. The molecule has 0 bridgehead atoms. The Morgan fingerprint density at radius 2 is 1.89 bits per heavy atom. The molecule has 0 unspecified atom stereocenters. The van der Waals surface area contributed by atoms with Crippen molar-refractivity contribution in [2.24, 2.45) is 0 Å². The molecule has 0 radical (unpaired) electrons. The third kappa shape index (κ3) is 2.32. The van der Waals surface area contributed by atoms with Crippen molar-refractivity contribution >= 4 is 0 Å². The maximum absolute atomic E-state index is 3.46. The predicted octanol–water partition coefficient (Wildman–Crippen LogP) is 2.75. The summed E-state index contributed by atoms with van der Waals surface area (Å²) < 4.78 is 0. The number of hydrogen-bond donors (Lipinski definition) is 1. The first-order valence-electron chi connectivity index (χ1n) is 7.37. The fourth-order valence-corrected chi connectivity index (χ4v) is 3.62. The zero-order valence-electron chi connectivity index (χ0n) is 11.4. The van der Waals surface area contributed by atoms with Gasteiger partial charge in [-0.25, -0.2) is 0 Å². The molecule has 1 aliphatic heterocycles. The van der Waals surface area contributed by atoms with Gasteiger partial charge in [-0.05, 0) is 63.4 Å². The number of aryl methyl sites for hydroxylation is 1. The molecule has 3 rings (SSSR count). The number of piperidine rings is 1. The van der Waals surface area contributed by atoms with E-state index in [1.54, 1.807) is 11.1 Å². The van der Waals surface area contributed by atoms with Crippen molar-refractivity contribution in [1.29, 1.82) is 0 Å². The molecule has 1 N–H and O–H groups in total. The van der Waals surface area contributed by atoms with Gasteiger partial charge in [-0.1, -0.05) is 24.3 Å². The smallest absolute Gasteiger partial charge is 0.0350 e. The first-order valence-corrected chi connectivity index (χ1v) is 7.37. The van der Waals surface area contributed by atoms with Crippen LogP contribution in [0.4, 0.5) is 0 Å². The third-order valence-electron chi connectivity index (χ3n) is 4.71. The van der Waals surface area contributed by atoms with E-state index in [-0.39, 0.29) is 0 Å². The summed E-state index contributed by atoms with van der Waals surface area (Å²) in [4.78, 5) is 2.65. The van der Waals surface area contributed by atoms with Gasteiger partial charge in [-0.15, -0.1) is 0 Å². The van der Waals surface area contributed by atoms with Crippen LogP contribution in [-0.2, 0) is 6.42 Å². The minimum Gasteiger partial charge on any atom is -0.317 e. The summed E-state index contributed by atoms with van der Waals surface area (Å²) in [6, 6.07) is 10.5. The SMILES string of the molecule is CN(C1CCNCC1)[C@H]1CCCc2ccccc21. The molecule has 0 spiro atoms. The Balaban J connectivity index is 1.80. The van der Waals surface area contributed by atoms with Gasteiger partial charge in [0.25, 0.3) is 0 Å². The monoisotopic (exact) mass is 244 g/mol. The van der Waals surface area contributed by atoms with Gasteiger partial charge in [0.2, 0.25) is 0 Å². The topological polar surface area (TPSA) is 15.3 Å². The van der Waals surface area contributed by atoms with E-state index in [9.17, 15) is 0 Å². The van der Waals surface area contributed by atoms with Crippen LogP contribution < -0.4 is 5.32 Å². The first-order chi connectivity index (χ1) is 8.86. The summed E-state index contributed by atoms with van der Waals surface area (Å²) in [5, 5.41) is 3.46. The van der Waals surface area contributed by atoms with Crippen LogP contribution >= 0.6 is 0 Å². The van der Waals surface area contributed by atoms with E-state index in [1.807, 2.05) is 0 Å². The molecule has 1 aliphatic carbocycles. The quantitative estimate of drug-likeness (QED) is 0.860. The van der Waals surface area contributed by atoms with Crippen LogP contribution in [0.1, 0.15) is 42.9 Å². The molecule has 2 nitrogen and oxygen atoms in total. The second-order valence-electron chi connectivity index (χ2n) is 5.75. The van der Waals surface area contributed by atoms with Gasteiger partial charge in [0, 0.05) is 12.1 Å². The number of nitrogens with one attached hydrogen (secondary N) is 1. The van der Waals surface area contributed by atoms with Gasteiger partial charge in [-0.2, -0.15) is 0 Å². The van der Waals surface area contributed by atoms with Gasteiger partial charge < -0.3 is 5.32 Å². The third-order valence-corrected chi connectivity index (χ3v) is 4.71. The van der Waals surface area contributed by atoms with Crippen molar-refractivity contribution < 1.29 is 0 Å². The van der Waals surface area contributed by atoms with Gasteiger partial charge >= 0.3 is 0 Å². The molecule has 0 saturated carbocycles. The Labute approximate surface area is 110 Å². The normalized spacial score (nSPS) is 25.1. The van der Waals surface area contributed by atoms with Gasteiger partial charge in [0.05, 0.1) is 0 Å². The lowest BCUT2D eigenvalue weighted by atomic mass is 9.86. The summed E-state index contributed by atoms with van der Waals surface area (Å²) in [5.41, 5.74) is 3.17. The highest BCUT2D eigenvalue weighted by atomic mass is 15.2. The molecule has 2 aliphatic rings. The minimum atomic E-state index is 0.651. The molecule has 0 aromatic heterocycles. The maximum Gasteiger partial charge on any atom is 0.0350 e. The standard InChI is InChI=1S/C16H24N2/c1-18(14-9-11-17-12-10-14)16-8-4-6-13-5-2-3-7-15(13)16/h2-3,5,7,14,16-17H,4,6,8-12H2,1H3/t16-/m0/s1. The van der Waals surface area contributed by atoms with Crippen molar-refractivity contribution in [2.75, 3.05) is 20.1 Å². The highest BCUT2D eigenvalue weighted by molar-refractivity contribution is 5.32. The van der Waals surface area contributed by atoms with E-state index in [0.29, 0.717) is 6.04 Å². The number of fused-ring (bicyclic) bond motifs is 1. The van der Waals surface area contributed by atoms with E-state index in [1.165, 1.54) is 45.2 Å². The average molecular weight is 244 g/mol. The molecule has 2 heteroatoms. The Kier molecular flexibility index (Phi) is 3.67. The van der Waals surface area contributed by atoms with E-state index in [4.69, 9.17) is 0 Å². The second-order valence-corrected chi connectivity index (χ2v) is 5.75. The van der Waals surface area contributed by atoms with Crippen LogP contribution in [0.25, 0.3) is 0 Å². The molecule has 1 saturated heterocycles. The summed E-state index contributed by atoms with van der Waals surface area (Å²) in [7, 11) is 2.34. The van der Waals surface area contributed by atoms with Gasteiger partial charge in [-0.3, -0.25) is 4.90 Å². The van der Waals surface area contributed by atoms with E-state index in [2.05, 4.69) is 41.5 Å². The lowest BCUT2D eigenvalue weighted by Gasteiger charge is -2.40. The Morgan fingerprint density at radius 3 is 2.72 bits per heavy atom. The number of benzene rings is 1. The molecule has 0 amide bonds. The van der Waals surface area contributed by atoms with Crippen molar-refractivity contribution in [3.8, 4) is 0 Å². The summed E-state index contributed by atoms with van der Waals surface area (Å²) in [5.74, 6) is 0. The van der Waals surface area contributed by atoms with Gasteiger partial charge in [0.1, 0.15) is 0 Å². The molecular weight excluding hydrogens is 220 g/mol. The average Bonchev–Trinajstić information content (AvgIpc) is 2.47. The van der Waals surface area contributed by atoms with Crippen LogP contribution in [0.3, 0.4) is 0 Å². The molecule has 18 heavy (non-hydrogen) atoms. The molecular formula is C16H24N2. The molecule has 98 valence electrons. The van der Waals surface area contributed by atoms with Crippen molar-refractivity contribution in [1.82, 2.24) is 10.2 Å². The Bertz CT molecular complexity index is 396. The minimum absolute atomic E-state index is 0.651. The summed E-state index contributed by atoms with van der Waals surface area (Å²) >= 11 is 0. The highest BCUT2D eigenvalue weighted by Crippen LogP contribution is 2.35. The largest absolute Gasteiger partial charge is 0.317 e. The fraction of sp³-hybridized carbons (Fsp3) is 0.625. The van der Waals surface area contributed by atoms with Crippen LogP contribution in [0.15, 0.2) is 24.3 Å². The highest BCUT2D eigenvalue weighted by Gasteiger charge is 2.28. The maximum atomic E-state index is 3.46. The zero-order valence-corrected chi connectivity index (χ0v) is 11.4. The fourth-order valence-electron chi connectivity index (χ4n) is 3.62. The van der Waals surface area contributed by atoms with E-state index >= 15 is 0 Å². The van der Waals surface area contributed by atoms with Crippen molar-refractivity contribution in [2.45, 2.75) is 44.2 Å². The summed E-state index contributed by atoms with van der Waals surface area (Å²) in [6.45, 7) is 2.37. The second kappa shape index (κ2) is 5.41. The Hall–Kier alpha value is -0.860. The molecule has 1 aromatic carbocycles. The molecule has 1 aromatic rings. The van der Waals surface area contributed by atoms with Crippen LogP contribution in [-0.4, -0.2) is 31.1 Å².